The van der Waals surface area contributed by atoms with Crippen LogP contribution in [0.2, 0.25) is 0 Å². The Kier molecular flexibility index (Phi) is 4.50. The molecule has 1 heterocycles. The molecule has 0 aliphatic heterocycles. The Morgan fingerprint density at radius 3 is 2.72 bits per heavy atom. The van der Waals surface area contributed by atoms with Crippen LogP contribution < -0.4 is 0 Å². The summed E-state index contributed by atoms with van der Waals surface area (Å²) in [5.74, 6) is 1.37. The summed E-state index contributed by atoms with van der Waals surface area (Å²) in [4.78, 5) is 0. The van der Waals surface area contributed by atoms with Crippen molar-refractivity contribution < 1.29 is 4.39 Å². The Hall–Kier alpha value is -0.750. The summed E-state index contributed by atoms with van der Waals surface area (Å²) in [5, 5.41) is 8.99. The van der Waals surface area contributed by atoms with E-state index in [1.54, 1.807) is 6.07 Å². The summed E-state index contributed by atoms with van der Waals surface area (Å²) in [6.45, 7) is 2.94. The van der Waals surface area contributed by atoms with Gasteiger partial charge in [0.25, 0.3) is 0 Å². The van der Waals surface area contributed by atoms with E-state index in [2.05, 4.69) is 49.0 Å². The first-order valence-electron chi connectivity index (χ1n) is 5.60. The van der Waals surface area contributed by atoms with Gasteiger partial charge in [-0.25, -0.2) is 4.39 Å². The molecule has 0 amide bonds. The molecule has 0 N–H and O–H groups in total. The largest absolute Gasteiger partial charge is 0.310 e. The zero-order valence-corrected chi connectivity index (χ0v) is 13.0. The van der Waals surface area contributed by atoms with Crippen molar-refractivity contribution in [1.82, 2.24) is 14.8 Å². The molecule has 2 aromatic rings. The van der Waals surface area contributed by atoms with Gasteiger partial charge < -0.3 is 4.57 Å². The lowest BCUT2D eigenvalue weighted by atomic mass is 10.2. The normalized spacial score (nSPS) is 10.9. The Balaban J connectivity index is 2.52. The van der Waals surface area contributed by atoms with Crippen LogP contribution >= 0.6 is 31.9 Å². The summed E-state index contributed by atoms with van der Waals surface area (Å²) in [6.07, 6.45) is 0.990. The zero-order chi connectivity index (χ0) is 13.1. The van der Waals surface area contributed by atoms with E-state index in [0.717, 1.165) is 30.2 Å². The molecule has 0 saturated heterocycles. The van der Waals surface area contributed by atoms with Crippen LogP contribution in [0, 0.1) is 5.82 Å². The van der Waals surface area contributed by atoms with Gasteiger partial charge in [0.1, 0.15) is 11.6 Å². The van der Waals surface area contributed by atoms with Crippen LogP contribution in [0.4, 0.5) is 4.39 Å². The summed E-state index contributed by atoms with van der Waals surface area (Å²) in [7, 11) is 0. The van der Waals surface area contributed by atoms with Crippen molar-refractivity contribution in [2.45, 2.75) is 25.2 Å². The third kappa shape index (κ3) is 2.64. The second-order valence-corrected chi connectivity index (χ2v) is 5.26. The third-order valence-electron chi connectivity index (χ3n) is 2.57. The molecule has 3 nitrogen and oxygen atoms in total. The summed E-state index contributed by atoms with van der Waals surface area (Å²) < 4.78 is 15.8. The summed E-state index contributed by atoms with van der Waals surface area (Å²) in [5.41, 5.74) is 0.851. The molecule has 6 heteroatoms. The van der Waals surface area contributed by atoms with Crippen LogP contribution in [0.15, 0.2) is 22.7 Å². The lowest BCUT2D eigenvalue weighted by molar-refractivity contribution is 0.626. The van der Waals surface area contributed by atoms with Gasteiger partial charge >= 0.3 is 0 Å². The van der Waals surface area contributed by atoms with Crippen molar-refractivity contribution in [1.29, 1.82) is 0 Å². The lowest BCUT2D eigenvalue weighted by Gasteiger charge is -2.09. The van der Waals surface area contributed by atoms with Gasteiger partial charge in [-0.3, -0.25) is 0 Å². The van der Waals surface area contributed by atoms with Crippen LogP contribution in [0.25, 0.3) is 11.4 Å². The molecule has 96 valence electrons. The Bertz CT molecular complexity index is 554. The maximum Gasteiger partial charge on any atom is 0.165 e. The fourth-order valence-electron chi connectivity index (χ4n) is 1.76. The number of alkyl halides is 1. The number of rotatable bonds is 4. The van der Waals surface area contributed by atoms with Gasteiger partial charge in [-0.05, 0) is 40.5 Å². The minimum Gasteiger partial charge on any atom is -0.310 e. The number of aromatic nitrogens is 3. The van der Waals surface area contributed by atoms with E-state index in [-0.39, 0.29) is 5.82 Å². The smallest absolute Gasteiger partial charge is 0.165 e. The van der Waals surface area contributed by atoms with Gasteiger partial charge in [-0.15, -0.1) is 10.2 Å². The minimum atomic E-state index is -0.270. The van der Waals surface area contributed by atoms with Crippen LogP contribution in [-0.2, 0) is 11.9 Å². The van der Waals surface area contributed by atoms with Crippen LogP contribution in [-0.4, -0.2) is 14.8 Å². The standard InChI is InChI=1S/C12H12Br2FN3/c1-2-5-18-11(7-13)16-17-12(18)9-4-3-8(15)6-10(9)14/h3-4,6H,2,5,7H2,1H3. The predicted molar refractivity (Wildman–Crippen MR) is 76.0 cm³/mol. The zero-order valence-electron chi connectivity index (χ0n) is 9.83. The Morgan fingerprint density at radius 1 is 1.33 bits per heavy atom. The van der Waals surface area contributed by atoms with Gasteiger partial charge in [0.2, 0.25) is 0 Å². The topological polar surface area (TPSA) is 30.7 Å². The molecule has 0 saturated carbocycles. The third-order valence-corrected chi connectivity index (χ3v) is 3.72. The molecule has 0 bridgehead atoms. The van der Waals surface area contributed by atoms with E-state index in [1.807, 2.05) is 4.57 Å². The first-order valence-corrected chi connectivity index (χ1v) is 7.52. The van der Waals surface area contributed by atoms with E-state index in [4.69, 9.17) is 0 Å². The van der Waals surface area contributed by atoms with Crippen LogP contribution in [0.5, 0.6) is 0 Å². The van der Waals surface area contributed by atoms with Gasteiger partial charge in [0.15, 0.2) is 5.82 Å². The van der Waals surface area contributed by atoms with Gasteiger partial charge in [0, 0.05) is 16.6 Å². The highest BCUT2D eigenvalue weighted by atomic mass is 79.9. The molecule has 0 aliphatic carbocycles. The summed E-state index contributed by atoms with van der Waals surface area (Å²) in [6, 6.07) is 4.58. The van der Waals surface area contributed by atoms with Crippen molar-refractivity contribution in [2.24, 2.45) is 0 Å². The summed E-state index contributed by atoms with van der Waals surface area (Å²) >= 11 is 6.77. The highest BCUT2D eigenvalue weighted by molar-refractivity contribution is 9.10. The number of nitrogens with zero attached hydrogens (tertiary/aromatic N) is 3. The van der Waals surface area contributed by atoms with Gasteiger partial charge in [-0.2, -0.15) is 0 Å². The molecular weight excluding hydrogens is 365 g/mol. The van der Waals surface area contributed by atoms with Crippen molar-refractivity contribution >= 4 is 31.9 Å². The second-order valence-electron chi connectivity index (χ2n) is 3.85. The average Bonchev–Trinajstić information content (AvgIpc) is 2.73. The highest BCUT2D eigenvalue weighted by Crippen LogP contribution is 2.28. The molecule has 0 spiro atoms. The van der Waals surface area contributed by atoms with E-state index in [9.17, 15) is 4.39 Å². The van der Waals surface area contributed by atoms with Crippen molar-refractivity contribution in [3.8, 4) is 11.4 Å². The van der Waals surface area contributed by atoms with E-state index < -0.39 is 0 Å². The fourth-order valence-corrected chi connectivity index (χ4v) is 2.71. The average molecular weight is 377 g/mol. The molecule has 0 atom stereocenters. The predicted octanol–water partition coefficient (Wildman–Crippen LogP) is 4.15. The van der Waals surface area contributed by atoms with Gasteiger partial charge in [0.05, 0.1) is 5.33 Å². The van der Waals surface area contributed by atoms with Crippen molar-refractivity contribution in [2.75, 3.05) is 0 Å². The second kappa shape index (κ2) is 5.93. The fraction of sp³-hybridized carbons (Fsp3) is 0.333. The van der Waals surface area contributed by atoms with Crippen LogP contribution in [0.3, 0.4) is 0 Å². The number of halogens is 3. The maximum atomic E-state index is 13.1. The molecule has 0 fully saturated rings. The Labute approximate surface area is 122 Å². The lowest BCUT2D eigenvalue weighted by Crippen LogP contribution is -2.04. The molecule has 2 rings (SSSR count). The molecular formula is C12H12Br2FN3. The quantitative estimate of drug-likeness (QED) is 0.750. The first-order chi connectivity index (χ1) is 8.67. The molecule has 1 aromatic carbocycles. The van der Waals surface area contributed by atoms with Gasteiger partial charge in [-0.1, -0.05) is 22.9 Å². The Morgan fingerprint density at radius 2 is 2.11 bits per heavy atom. The first kappa shape index (κ1) is 13.7. The van der Waals surface area contributed by atoms with Crippen molar-refractivity contribution in [3.05, 3.63) is 34.3 Å². The van der Waals surface area contributed by atoms with E-state index >= 15 is 0 Å². The monoisotopic (exact) mass is 375 g/mol. The van der Waals surface area contributed by atoms with E-state index in [0.29, 0.717) is 9.80 Å². The van der Waals surface area contributed by atoms with Crippen LogP contribution in [0.1, 0.15) is 19.2 Å². The minimum absolute atomic E-state index is 0.270. The van der Waals surface area contributed by atoms with Crippen molar-refractivity contribution in [3.63, 3.8) is 0 Å². The number of hydrogen-bond donors (Lipinski definition) is 0. The molecule has 0 radical (unpaired) electrons. The van der Waals surface area contributed by atoms with E-state index in [1.165, 1.54) is 12.1 Å². The number of benzene rings is 1. The molecule has 0 unspecified atom stereocenters. The SMILES string of the molecule is CCCn1c(CBr)nnc1-c1ccc(F)cc1Br. The molecule has 0 aliphatic rings. The molecule has 1 aromatic heterocycles. The maximum absolute atomic E-state index is 13.1. The highest BCUT2D eigenvalue weighted by Gasteiger charge is 2.15. The molecule has 18 heavy (non-hydrogen) atoms. The number of hydrogen-bond acceptors (Lipinski definition) is 2.